The lowest BCUT2D eigenvalue weighted by Gasteiger charge is -2.18. The lowest BCUT2D eigenvalue weighted by atomic mass is 9.88. The Labute approximate surface area is 46.9 Å². The first-order valence-electron chi connectivity index (χ1n) is 2.71. The molecule has 0 heterocycles. The molecule has 7 heavy (non-hydrogen) atoms. The zero-order valence-corrected chi connectivity index (χ0v) is 5.33. The first-order valence-corrected chi connectivity index (χ1v) is 2.71. The van der Waals surface area contributed by atoms with E-state index in [2.05, 4.69) is 27.7 Å². The third-order valence-electron chi connectivity index (χ3n) is 1.35. The van der Waals surface area contributed by atoms with E-state index < -0.39 is 0 Å². The zero-order valence-electron chi connectivity index (χ0n) is 5.33. The molecular weight excluding hydrogens is 84.1 g/mol. The summed E-state index contributed by atoms with van der Waals surface area (Å²) in [5, 5.41) is 0. The molecule has 0 unspecified atom stereocenters. The SMILES string of the molecule is [CH2]CC(C)(C)C[CH2]. The van der Waals surface area contributed by atoms with Crippen LogP contribution in [0, 0.1) is 19.3 Å². The molecule has 42 valence electrons. The summed E-state index contributed by atoms with van der Waals surface area (Å²) in [7, 11) is 0. The second-order valence-corrected chi connectivity index (χ2v) is 2.66. The van der Waals surface area contributed by atoms with Gasteiger partial charge in [-0.15, -0.1) is 0 Å². The van der Waals surface area contributed by atoms with E-state index in [0.717, 1.165) is 12.8 Å². The van der Waals surface area contributed by atoms with Crippen molar-refractivity contribution >= 4 is 0 Å². The van der Waals surface area contributed by atoms with Gasteiger partial charge in [0.1, 0.15) is 0 Å². The summed E-state index contributed by atoms with van der Waals surface area (Å²) in [5.74, 6) is 0. The molecule has 0 fully saturated rings. The van der Waals surface area contributed by atoms with Crippen LogP contribution in [0.4, 0.5) is 0 Å². The van der Waals surface area contributed by atoms with Gasteiger partial charge in [0.15, 0.2) is 0 Å². The highest BCUT2D eigenvalue weighted by atomic mass is 14.1. The maximum atomic E-state index is 3.79. The molecule has 0 heteroatoms. The Hall–Kier alpha value is 0. The van der Waals surface area contributed by atoms with Crippen molar-refractivity contribution in [1.82, 2.24) is 0 Å². The Bertz CT molecular complexity index is 38.0. The van der Waals surface area contributed by atoms with Gasteiger partial charge in [-0.1, -0.05) is 27.7 Å². The van der Waals surface area contributed by atoms with E-state index >= 15 is 0 Å². The minimum absolute atomic E-state index is 0.361. The monoisotopic (exact) mass is 98.1 g/mol. The van der Waals surface area contributed by atoms with E-state index in [1.54, 1.807) is 0 Å². The van der Waals surface area contributed by atoms with Crippen LogP contribution in [0.3, 0.4) is 0 Å². The Kier molecular flexibility index (Phi) is 2.34. The molecule has 0 aliphatic heterocycles. The van der Waals surface area contributed by atoms with Gasteiger partial charge in [0.25, 0.3) is 0 Å². The Morgan fingerprint density at radius 2 is 1.43 bits per heavy atom. The molecule has 0 aromatic heterocycles. The third kappa shape index (κ3) is 2.67. The molecule has 0 spiro atoms. The van der Waals surface area contributed by atoms with Crippen LogP contribution in [0.15, 0.2) is 0 Å². The smallest absolute Gasteiger partial charge is 0.0354 e. The predicted molar refractivity (Wildman–Crippen MR) is 33.7 cm³/mol. The van der Waals surface area contributed by atoms with Crippen LogP contribution in [0.25, 0.3) is 0 Å². The molecule has 0 rings (SSSR count). The Balaban J connectivity index is 3.36. The highest BCUT2D eigenvalue weighted by Gasteiger charge is 2.09. The molecule has 0 saturated carbocycles. The van der Waals surface area contributed by atoms with Gasteiger partial charge in [0, 0.05) is 0 Å². The van der Waals surface area contributed by atoms with Crippen LogP contribution in [0.5, 0.6) is 0 Å². The molecule has 0 aromatic carbocycles. The fourth-order valence-corrected chi connectivity index (χ4v) is 0.125. The topological polar surface area (TPSA) is 0 Å². The summed E-state index contributed by atoms with van der Waals surface area (Å²) >= 11 is 0. The van der Waals surface area contributed by atoms with E-state index in [1.807, 2.05) is 0 Å². The van der Waals surface area contributed by atoms with E-state index in [1.165, 1.54) is 0 Å². The molecule has 0 bridgehead atoms. The molecule has 0 aromatic rings. The molecule has 0 atom stereocenters. The van der Waals surface area contributed by atoms with Crippen molar-refractivity contribution in [3.05, 3.63) is 13.8 Å². The molecule has 0 aliphatic rings. The summed E-state index contributed by atoms with van der Waals surface area (Å²) in [6.45, 7) is 11.9. The minimum Gasteiger partial charge on any atom is -0.0599 e. The van der Waals surface area contributed by atoms with Crippen molar-refractivity contribution in [2.75, 3.05) is 0 Å². The quantitative estimate of drug-likeness (QED) is 0.497. The first kappa shape index (κ1) is 7.00. The van der Waals surface area contributed by atoms with Crippen LogP contribution >= 0.6 is 0 Å². The van der Waals surface area contributed by atoms with Gasteiger partial charge in [-0.2, -0.15) is 0 Å². The van der Waals surface area contributed by atoms with Crippen molar-refractivity contribution in [2.24, 2.45) is 5.41 Å². The summed E-state index contributed by atoms with van der Waals surface area (Å²) < 4.78 is 0. The lowest BCUT2D eigenvalue weighted by molar-refractivity contribution is 0.374. The van der Waals surface area contributed by atoms with E-state index in [4.69, 9.17) is 0 Å². The second kappa shape index (κ2) is 2.34. The van der Waals surface area contributed by atoms with Crippen LogP contribution in [0.1, 0.15) is 26.7 Å². The van der Waals surface area contributed by atoms with Crippen LogP contribution in [0.2, 0.25) is 0 Å². The average Bonchev–Trinajstić information content (AvgIpc) is 1.68. The van der Waals surface area contributed by atoms with Crippen molar-refractivity contribution in [2.45, 2.75) is 26.7 Å². The van der Waals surface area contributed by atoms with Crippen LogP contribution in [-0.4, -0.2) is 0 Å². The van der Waals surface area contributed by atoms with E-state index in [9.17, 15) is 0 Å². The maximum Gasteiger partial charge on any atom is -0.0354 e. The standard InChI is InChI=1S/C7H14/c1-5-7(3,4)6-2/h1-2,5-6H2,3-4H3. The summed E-state index contributed by atoms with van der Waals surface area (Å²) in [6, 6.07) is 0. The third-order valence-corrected chi connectivity index (χ3v) is 1.35. The number of hydrogen-bond donors (Lipinski definition) is 0. The molecular formula is C7H14. The van der Waals surface area contributed by atoms with Crippen molar-refractivity contribution in [3.8, 4) is 0 Å². The molecule has 0 nitrogen and oxygen atoms in total. The lowest BCUT2D eigenvalue weighted by Crippen LogP contribution is -2.06. The van der Waals surface area contributed by atoms with Crippen LogP contribution in [-0.2, 0) is 0 Å². The average molecular weight is 98.2 g/mol. The minimum atomic E-state index is 0.361. The van der Waals surface area contributed by atoms with Gasteiger partial charge in [-0.3, -0.25) is 0 Å². The number of rotatable bonds is 2. The predicted octanol–water partition coefficient (Wildman–Crippen LogP) is 2.46. The highest BCUT2D eigenvalue weighted by Crippen LogP contribution is 2.22. The summed E-state index contributed by atoms with van der Waals surface area (Å²) in [6.07, 6.45) is 1.97. The van der Waals surface area contributed by atoms with Gasteiger partial charge >= 0.3 is 0 Å². The van der Waals surface area contributed by atoms with Crippen LogP contribution < -0.4 is 0 Å². The molecule has 0 aliphatic carbocycles. The fourth-order valence-electron chi connectivity index (χ4n) is 0.125. The summed E-state index contributed by atoms with van der Waals surface area (Å²) in [4.78, 5) is 0. The zero-order chi connectivity index (χ0) is 5.91. The van der Waals surface area contributed by atoms with Gasteiger partial charge in [0.05, 0.1) is 0 Å². The molecule has 0 saturated heterocycles. The highest BCUT2D eigenvalue weighted by molar-refractivity contribution is 4.69. The second-order valence-electron chi connectivity index (χ2n) is 2.66. The molecule has 0 N–H and O–H groups in total. The van der Waals surface area contributed by atoms with E-state index in [0.29, 0.717) is 5.41 Å². The summed E-state index contributed by atoms with van der Waals surface area (Å²) in [5.41, 5.74) is 0.361. The largest absolute Gasteiger partial charge is 0.0599 e. The maximum absolute atomic E-state index is 3.79. The van der Waals surface area contributed by atoms with Crippen molar-refractivity contribution < 1.29 is 0 Å². The Morgan fingerprint density at radius 3 is 1.43 bits per heavy atom. The van der Waals surface area contributed by atoms with E-state index in [-0.39, 0.29) is 0 Å². The number of hydrogen-bond acceptors (Lipinski definition) is 0. The van der Waals surface area contributed by atoms with Gasteiger partial charge < -0.3 is 0 Å². The first-order chi connectivity index (χ1) is 3.12. The molecule has 0 amide bonds. The normalized spacial score (nSPS) is 12.0. The van der Waals surface area contributed by atoms with Gasteiger partial charge in [-0.05, 0) is 18.3 Å². The fraction of sp³-hybridized carbons (Fsp3) is 0.714. The Morgan fingerprint density at radius 1 is 1.14 bits per heavy atom. The van der Waals surface area contributed by atoms with Crippen molar-refractivity contribution in [3.63, 3.8) is 0 Å². The van der Waals surface area contributed by atoms with Gasteiger partial charge in [-0.25, -0.2) is 0 Å². The van der Waals surface area contributed by atoms with Gasteiger partial charge in [0.2, 0.25) is 0 Å². The molecule has 2 radical (unpaired) electrons. The van der Waals surface area contributed by atoms with Crippen molar-refractivity contribution in [1.29, 1.82) is 0 Å².